The first kappa shape index (κ1) is 13.5. The fraction of sp³-hybridized carbons (Fsp3) is 0.375. The smallest absolute Gasteiger partial charge is 0.153 e. The standard InChI is InChI=1S/C16H20N2O/c1-5-12(3)18-9-14(10-19)16(17-18)15-8-6-7-11(2)13(15)4/h6-10,12H,5H2,1-4H3. The maximum atomic E-state index is 11.3. The minimum Gasteiger partial charge on any atom is -0.298 e. The van der Waals surface area contributed by atoms with E-state index < -0.39 is 0 Å². The van der Waals surface area contributed by atoms with Gasteiger partial charge in [0.15, 0.2) is 6.29 Å². The molecule has 0 amide bonds. The van der Waals surface area contributed by atoms with Crippen molar-refractivity contribution in [2.24, 2.45) is 0 Å². The van der Waals surface area contributed by atoms with Crippen LogP contribution in [0.25, 0.3) is 11.3 Å². The van der Waals surface area contributed by atoms with Crippen molar-refractivity contribution >= 4 is 6.29 Å². The highest BCUT2D eigenvalue weighted by molar-refractivity contribution is 5.86. The van der Waals surface area contributed by atoms with E-state index in [1.54, 1.807) is 0 Å². The second-order valence-electron chi connectivity index (χ2n) is 5.04. The Hall–Kier alpha value is -1.90. The molecule has 0 N–H and O–H groups in total. The maximum Gasteiger partial charge on any atom is 0.153 e. The predicted octanol–water partition coefficient (Wildman–Crippen LogP) is 3.95. The van der Waals surface area contributed by atoms with E-state index in [1.807, 2.05) is 23.0 Å². The first-order valence-electron chi connectivity index (χ1n) is 6.69. The van der Waals surface area contributed by atoms with Gasteiger partial charge >= 0.3 is 0 Å². The van der Waals surface area contributed by atoms with Crippen molar-refractivity contribution in [3.8, 4) is 11.3 Å². The summed E-state index contributed by atoms with van der Waals surface area (Å²) in [6.07, 6.45) is 3.73. The number of carbonyl (C=O) groups is 1. The van der Waals surface area contributed by atoms with Crippen molar-refractivity contribution in [1.29, 1.82) is 0 Å². The normalized spacial score (nSPS) is 12.4. The van der Waals surface area contributed by atoms with Gasteiger partial charge in [-0.1, -0.05) is 25.1 Å². The van der Waals surface area contributed by atoms with E-state index in [9.17, 15) is 4.79 Å². The zero-order chi connectivity index (χ0) is 14.0. The molecule has 3 heteroatoms. The predicted molar refractivity (Wildman–Crippen MR) is 77.5 cm³/mol. The number of hydrogen-bond donors (Lipinski definition) is 0. The molecular weight excluding hydrogens is 236 g/mol. The molecule has 2 aromatic rings. The molecule has 0 bridgehead atoms. The molecule has 19 heavy (non-hydrogen) atoms. The van der Waals surface area contributed by atoms with E-state index in [2.05, 4.69) is 38.9 Å². The molecule has 0 saturated carbocycles. The molecule has 0 fully saturated rings. The van der Waals surface area contributed by atoms with Gasteiger partial charge in [0.2, 0.25) is 0 Å². The van der Waals surface area contributed by atoms with Crippen molar-refractivity contribution in [2.45, 2.75) is 40.2 Å². The van der Waals surface area contributed by atoms with E-state index in [-0.39, 0.29) is 0 Å². The van der Waals surface area contributed by atoms with E-state index >= 15 is 0 Å². The van der Waals surface area contributed by atoms with Gasteiger partial charge in [-0.25, -0.2) is 0 Å². The minimum absolute atomic E-state index is 0.303. The Kier molecular flexibility index (Phi) is 3.84. The van der Waals surface area contributed by atoms with Gasteiger partial charge in [-0.05, 0) is 38.3 Å². The van der Waals surface area contributed by atoms with Crippen molar-refractivity contribution in [3.05, 3.63) is 41.1 Å². The highest BCUT2D eigenvalue weighted by Gasteiger charge is 2.15. The van der Waals surface area contributed by atoms with Gasteiger partial charge < -0.3 is 0 Å². The molecule has 0 spiro atoms. The Morgan fingerprint density at radius 1 is 1.37 bits per heavy atom. The van der Waals surface area contributed by atoms with Gasteiger partial charge in [0.25, 0.3) is 0 Å². The molecular formula is C16H20N2O. The Morgan fingerprint density at radius 2 is 2.11 bits per heavy atom. The van der Waals surface area contributed by atoms with Crippen LogP contribution in [-0.4, -0.2) is 16.1 Å². The van der Waals surface area contributed by atoms with Gasteiger partial charge in [0.1, 0.15) is 5.69 Å². The minimum atomic E-state index is 0.303. The molecule has 0 aliphatic carbocycles. The van der Waals surface area contributed by atoms with Gasteiger partial charge in [0.05, 0.1) is 5.56 Å². The highest BCUT2D eigenvalue weighted by atomic mass is 16.1. The topological polar surface area (TPSA) is 34.9 Å². The highest BCUT2D eigenvalue weighted by Crippen LogP contribution is 2.27. The van der Waals surface area contributed by atoms with Crippen LogP contribution < -0.4 is 0 Å². The van der Waals surface area contributed by atoms with Crippen LogP contribution >= 0.6 is 0 Å². The van der Waals surface area contributed by atoms with Crippen LogP contribution in [0.2, 0.25) is 0 Å². The first-order valence-corrected chi connectivity index (χ1v) is 6.69. The molecule has 1 heterocycles. The maximum absolute atomic E-state index is 11.3. The van der Waals surface area contributed by atoms with E-state index in [0.717, 1.165) is 24.0 Å². The molecule has 1 aromatic heterocycles. The van der Waals surface area contributed by atoms with E-state index in [1.165, 1.54) is 11.1 Å². The van der Waals surface area contributed by atoms with Crippen molar-refractivity contribution < 1.29 is 4.79 Å². The molecule has 1 unspecified atom stereocenters. The zero-order valence-corrected chi connectivity index (χ0v) is 12.0. The van der Waals surface area contributed by atoms with Crippen LogP contribution in [0, 0.1) is 13.8 Å². The fourth-order valence-electron chi connectivity index (χ4n) is 2.12. The van der Waals surface area contributed by atoms with Crippen LogP contribution in [0.3, 0.4) is 0 Å². The van der Waals surface area contributed by atoms with Crippen molar-refractivity contribution in [3.63, 3.8) is 0 Å². The third-order valence-electron chi connectivity index (χ3n) is 3.79. The summed E-state index contributed by atoms with van der Waals surface area (Å²) < 4.78 is 1.89. The number of rotatable bonds is 4. The second kappa shape index (κ2) is 5.39. The van der Waals surface area contributed by atoms with Gasteiger partial charge in [-0.2, -0.15) is 5.10 Å². The summed E-state index contributed by atoms with van der Waals surface area (Å²) in [5.74, 6) is 0. The number of aromatic nitrogens is 2. The van der Waals surface area contributed by atoms with Crippen LogP contribution in [0.5, 0.6) is 0 Å². The summed E-state index contributed by atoms with van der Waals surface area (Å²) in [6.45, 7) is 8.37. The van der Waals surface area contributed by atoms with E-state index in [4.69, 9.17) is 0 Å². The average molecular weight is 256 g/mol. The fourth-order valence-corrected chi connectivity index (χ4v) is 2.12. The Balaban J connectivity index is 2.58. The molecule has 1 aromatic carbocycles. The molecule has 3 nitrogen and oxygen atoms in total. The molecule has 0 aliphatic heterocycles. The summed E-state index contributed by atoms with van der Waals surface area (Å²) in [7, 11) is 0. The quantitative estimate of drug-likeness (QED) is 0.776. The van der Waals surface area contributed by atoms with Gasteiger partial charge in [0, 0.05) is 17.8 Å². The number of aldehydes is 1. The summed E-state index contributed by atoms with van der Waals surface area (Å²) in [6, 6.07) is 6.41. The van der Waals surface area contributed by atoms with E-state index in [0.29, 0.717) is 11.6 Å². The lowest BCUT2D eigenvalue weighted by molar-refractivity contribution is 0.112. The zero-order valence-electron chi connectivity index (χ0n) is 12.0. The van der Waals surface area contributed by atoms with Crippen LogP contribution in [0.15, 0.2) is 24.4 Å². The second-order valence-corrected chi connectivity index (χ2v) is 5.04. The SMILES string of the molecule is CCC(C)n1cc(C=O)c(-c2cccc(C)c2C)n1. The number of benzene rings is 1. The molecule has 0 saturated heterocycles. The molecule has 0 radical (unpaired) electrons. The number of hydrogen-bond acceptors (Lipinski definition) is 2. The van der Waals surface area contributed by atoms with Crippen LogP contribution in [0.1, 0.15) is 47.8 Å². The molecule has 2 rings (SSSR count). The number of aryl methyl sites for hydroxylation is 1. The third kappa shape index (κ3) is 2.46. The third-order valence-corrected chi connectivity index (χ3v) is 3.79. The monoisotopic (exact) mass is 256 g/mol. The molecule has 0 aliphatic rings. The lowest BCUT2D eigenvalue weighted by atomic mass is 9.99. The number of nitrogens with zero attached hydrogens (tertiary/aromatic N) is 2. The van der Waals surface area contributed by atoms with Crippen LogP contribution in [-0.2, 0) is 0 Å². The molecule has 1 atom stereocenters. The van der Waals surface area contributed by atoms with Gasteiger partial charge in [-0.15, -0.1) is 0 Å². The van der Waals surface area contributed by atoms with Crippen molar-refractivity contribution in [2.75, 3.05) is 0 Å². The Bertz CT molecular complexity index is 599. The first-order chi connectivity index (χ1) is 9.08. The largest absolute Gasteiger partial charge is 0.298 e. The van der Waals surface area contributed by atoms with Crippen molar-refractivity contribution in [1.82, 2.24) is 9.78 Å². The Morgan fingerprint density at radius 3 is 2.74 bits per heavy atom. The molecule has 100 valence electrons. The summed E-state index contributed by atoms with van der Waals surface area (Å²) in [5.41, 5.74) is 4.89. The summed E-state index contributed by atoms with van der Waals surface area (Å²) in [4.78, 5) is 11.3. The number of carbonyl (C=O) groups excluding carboxylic acids is 1. The van der Waals surface area contributed by atoms with Crippen LogP contribution in [0.4, 0.5) is 0 Å². The Labute approximate surface area is 114 Å². The summed E-state index contributed by atoms with van der Waals surface area (Å²) >= 11 is 0. The summed E-state index contributed by atoms with van der Waals surface area (Å²) in [5, 5.41) is 4.61. The lowest BCUT2D eigenvalue weighted by Crippen LogP contribution is -2.04. The van der Waals surface area contributed by atoms with Gasteiger partial charge in [-0.3, -0.25) is 9.48 Å². The lowest BCUT2D eigenvalue weighted by Gasteiger charge is -2.09. The average Bonchev–Trinajstić information content (AvgIpc) is 2.85.